The van der Waals surface area contributed by atoms with Crippen LogP contribution in [0, 0.1) is 0 Å². The molecular weight excluding hydrogens is 172 g/mol. The number of esters is 1. The Labute approximate surface area is 75.5 Å². The third-order valence-corrected chi connectivity index (χ3v) is 1.32. The Morgan fingerprint density at radius 1 is 1.69 bits per heavy atom. The first-order valence-corrected chi connectivity index (χ1v) is 3.63. The van der Waals surface area contributed by atoms with E-state index in [2.05, 4.69) is 9.72 Å². The van der Waals surface area contributed by atoms with Gasteiger partial charge >= 0.3 is 5.97 Å². The molecule has 0 saturated heterocycles. The Balaban J connectivity index is 2.50. The lowest BCUT2D eigenvalue weighted by Crippen LogP contribution is -2.13. The minimum atomic E-state index is -0.454. The van der Waals surface area contributed by atoms with Crippen LogP contribution >= 0.6 is 0 Å². The Hall–Kier alpha value is -1.78. The fourth-order valence-electron chi connectivity index (χ4n) is 0.695. The van der Waals surface area contributed by atoms with Crippen LogP contribution in [0.5, 0.6) is 5.88 Å². The molecule has 0 aliphatic heterocycles. The molecule has 5 heteroatoms. The number of anilines is 1. The monoisotopic (exact) mass is 182 g/mol. The highest BCUT2D eigenvalue weighted by atomic mass is 16.6. The summed E-state index contributed by atoms with van der Waals surface area (Å²) in [5.41, 5.74) is 6.00. The van der Waals surface area contributed by atoms with Gasteiger partial charge in [0.05, 0.1) is 7.11 Å². The summed E-state index contributed by atoms with van der Waals surface area (Å²) in [7, 11) is 1.29. The number of ether oxygens (including phenoxy) is 2. The average Bonchev–Trinajstić information content (AvgIpc) is 2.14. The van der Waals surface area contributed by atoms with Gasteiger partial charge in [-0.2, -0.15) is 0 Å². The fraction of sp³-hybridized carbons (Fsp3) is 0.250. The molecule has 13 heavy (non-hydrogen) atoms. The minimum absolute atomic E-state index is 0.160. The summed E-state index contributed by atoms with van der Waals surface area (Å²) in [6.07, 6.45) is 1.50. The van der Waals surface area contributed by atoms with Crippen molar-refractivity contribution in [3.05, 3.63) is 18.3 Å². The minimum Gasteiger partial charge on any atom is -0.466 e. The first-order valence-electron chi connectivity index (χ1n) is 3.63. The van der Waals surface area contributed by atoms with Crippen molar-refractivity contribution in [3.8, 4) is 5.88 Å². The van der Waals surface area contributed by atoms with E-state index in [-0.39, 0.29) is 6.61 Å². The summed E-state index contributed by atoms with van der Waals surface area (Å²) in [6.45, 7) is -0.160. The van der Waals surface area contributed by atoms with Crippen molar-refractivity contribution in [1.82, 2.24) is 4.98 Å². The number of nitrogens with zero attached hydrogens (tertiary/aromatic N) is 1. The molecule has 0 atom stereocenters. The second kappa shape index (κ2) is 4.30. The Morgan fingerprint density at radius 3 is 3.08 bits per heavy atom. The van der Waals surface area contributed by atoms with E-state index in [1.165, 1.54) is 19.4 Å². The highest BCUT2D eigenvalue weighted by Crippen LogP contribution is 2.09. The molecule has 0 radical (unpaired) electrons. The largest absolute Gasteiger partial charge is 0.466 e. The van der Waals surface area contributed by atoms with Gasteiger partial charge in [-0.05, 0) is 6.07 Å². The van der Waals surface area contributed by atoms with E-state index in [1.807, 2.05) is 0 Å². The van der Waals surface area contributed by atoms with Crippen LogP contribution in [0.15, 0.2) is 18.3 Å². The number of carbonyl (C=O) groups excluding carboxylic acids is 1. The van der Waals surface area contributed by atoms with Crippen LogP contribution in [0.1, 0.15) is 0 Å². The van der Waals surface area contributed by atoms with Crippen LogP contribution in [-0.2, 0) is 9.53 Å². The Kier molecular flexibility index (Phi) is 3.08. The van der Waals surface area contributed by atoms with Gasteiger partial charge in [-0.1, -0.05) is 0 Å². The van der Waals surface area contributed by atoms with Gasteiger partial charge in [-0.3, -0.25) is 0 Å². The van der Waals surface area contributed by atoms with E-state index in [4.69, 9.17) is 10.5 Å². The summed E-state index contributed by atoms with van der Waals surface area (Å²) < 4.78 is 9.35. The van der Waals surface area contributed by atoms with Crippen LogP contribution in [0.25, 0.3) is 0 Å². The fourth-order valence-corrected chi connectivity index (χ4v) is 0.695. The number of hydrogen-bond acceptors (Lipinski definition) is 5. The molecule has 2 N–H and O–H groups in total. The lowest BCUT2D eigenvalue weighted by Gasteiger charge is -2.03. The van der Waals surface area contributed by atoms with Gasteiger partial charge in [-0.25, -0.2) is 9.78 Å². The molecule has 0 fully saturated rings. The van der Waals surface area contributed by atoms with E-state index >= 15 is 0 Å². The molecule has 0 spiro atoms. The van der Waals surface area contributed by atoms with E-state index < -0.39 is 5.97 Å². The van der Waals surface area contributed by atoms with Crippen molar-refractivity contribution in [1.29, 1.82) is 0 Å². The number of methoxy groups -OCH3 is 1. The number of carbonyl (C=O) groups is 1. The van der Waals surface area contributed by atoms with Crippen molar-refractivity contribution >= 4 is 11.7 Å². The van der Waals surface area contributed by atoms with Gasteiger partial charge in [0, 0.05) is 18.0 Å². The molecule has 0 aliphatic carbocycles. The van der Waals surface area contributed by atoms with Gasteiger partial charge in [0.25, 0.3) is 0 Å². The Morgan fingerprint density at radius 2 is 2.46 bits per heavy atom. The van der Waals surface area contributed by atoms with Crippen LogP contribution in [0.4, 0.5) is 5.69 Å². The molecule has 0 amide bonds. The number of aromatic nitrogens is 1. The zero-order chi connectivity index (χ0) is 9.68. The second-order valence-electron chi connectivity index (χ2n) is 2.29. The third-order valence-electron chi connectivity index (χ3n) is 1.32. The molecule has 0 bridgehead atoms. The van der Waals surface area contributed by atoms with E-state index in [9.17, 15) is 4.79 Å². The van der Waals surface area contributed by atoms with Crippen LogP contribution in [0.3, 0.4) is 0 Å². The van der Waals surface area contributed by atoms with E-state index in [1.54, 1.807) is 6.07 Å². The summed E-state index contributed by atoms with van der Waals surface area (Å²) >= 11 is 0. The predicted molar refractivity (Wildman–Crippen MR) is 46.2 cm³/mol. The summed E-state index contributed by atoms with van der Waals surface area (Å²) in [4.78, 5) is 14.5. The molecule has 0 aliphatic rings. The highest BCUT2D eigenvalue weighted by molar-refractivity contribution is 5.70. The number of nitrogens with two attached hydrogens (primary N) is 1. The maximum absolute atomic E-state index is 10.7. The Bertz CT molecular complexity index is 301. The molecule has 1 aromatic heterocycles. The maximum atomic E-state index is 10.7. The van der Waals surface area contributed by atoms with Gasteiger partial charge in [-0.15, -0.1) is 0 Å². The molecule has 5 nitrogen and oxygen atoms in total. The first kappa shape index (κ1) is 9.31. The lowest BCUT2D eigenvalue weighted by atomic mass is 10.4. The average molecular weight is 182 g/mol. The molecule has 0 aromatic carbocycles. The summed E-state index contributed by atoms with van der Waals surface area (Å²) in [6, 6.07) is 3.16. The van der Waals surface area contributed by atoms with Crippen LogP contribution < -0.4 is 10.5 Å². The molecule has 1 rings (SSSR count). The van der Waals surface area contributed by atoms with E-state index in [0.717, 1.165) is 0 Å². The van der Waals surface area contributed by atoms with Gasteiger partial charge in [0.1, 0.15) is 0 Å². The molecule has 1 heterocycles. The predicted octanol–water partition coefficient (Wildman–Crippen LogP) is 0.216. The van der Waals surface area contributed by atoms with Gasteiger partial charge in [0.2, 0.25) is 5.88 Å². The standard InChI is InChI=1S/C8H10N2O3/c1-12-8(11)5-13-7-4-6(9)2-3-10-7/h2-4H,5H2,1H3,(H2,9,10). The highest BCUT2D eigenvalue weighted by Gasteiger charge is 2.01. The van der Waals surface area contributed by atoms with Gasteiger partial charge < -0.3 is 15.2 Å². The van der Waals surface area contributed by atoms with Crippen LogP contribution in [-0.4, -0.2) is 24.7 Å². The van der Waals surface area contributed by atoms with Gasteiger partial charge in [0.15, 0.2) is 6.61 Å². The van der Waals surface area contributed by atoms with Crippen molar-refractivity contribution in [2.75, 3.05) is 19.5 Å². The number of hydrogen-bond donors (Lipinski definition) is 1. The number of pyridine rings is 1. The normalized spacial score (nSPS) is 9.31. The zero-order valence-electron chi connectivity index (χ0n) is 7.19. The smallest absolute Gasteiger partial charge is 0.343 e. The molecule has 1 aromatic rings. The first-order chi connectivity index (χ1) is 6.22. The molecular formula is C8H10N2O3. The third kappa shape index (κ3) is 2.98. The second-order valence-corrected chi connectivity index (χ2v) is 2.29. The number of rotatable bonds is 3. The van der Waals surface area contributed by atoms with Crippen LogP contribution in [0.2, 0.25) is 0 Å². The molecule has 70 valence electrons. The molecule has 0 saturated carbocycles. The van der Waals surface area contributed by atoms with Crippen molar-refractivity contribution < 1.29 is 14.3 Å². The molecule has 0 unspecified atom stereocenters. The zero-order valence-corrected chi connectivity index (χ0v) is 7.19. The maximum Gasteiger partial charge on any atom is 0.343 e. The SMILES string of the molecule is COC(=O)COc1cc(N)ccn1. The quantitative estimate of drug-likeness (QED) is 0.676. The topological polar surface area (TPSA) is 74.4 Å². The number of nitrogen functional groups attached to an aromatic ring is 1. The summed E-state index contributed by atoms with van der Waals surface area (Å²) in [5, 5.41) is 0. The van der Waals surface area contributed by atoms with Crippen molar-refractivity contribution in [2.45, 2.75) is 0 Å². The summed E-state index contributed by atoms with van der Waals surface area (Å²) in [5.74, 6) is -0.144. The van der Waals surface area contributed by atoms with Crippen molar-refractivity contribution in [2.24, 2.45) is 0 Å². The van der Waals surface area contributed by atoms with E-state index in [0.29, 0.717) is 11.6 Å². The van der Waals surface area contributed by atoms with Crippen molar-refractivity contribution in [3.63, 3.8) is 0 Å². The lowest BCUT2D eigenvalue weighted by molar-refractivity contribution is -0.143.